The highest BCUT2D eigenvalue weighted by Gasteiger charge is 2.12. The highest BCUT2D eigenvalue weighted by Crippen LogP contribution is 2.24. The Morgan fingerprint density at radius 1 is 1.14 bits per heavy atom. The lowest BCUT2D eigenvalue weighted by Gasteiger charge is -2.11. The van der Waals surface area contributed by atoms with Gasteiger partial charge in [-0.2, -0.15) is 9.78 Å². The van der Waals surface area contributed by atoms with E-state index < -0.39 is 0 Å². The third-order valence-electron chi connectivity index (χ3n) is 3.59. The molecule has 22 heavy (non-hydrogen) atoms. The molecule has 0 aliphatic carbocycles. The molecule has 1 amide bonds. The summed E-state index contributed by atoms with van der Waals surface area (Å²) in [6, 6.07) is 9.96. The molecule has 5 nitrogen and oxygen atoms in total. The molecule has 2 heterocycles. The van der Waals surface area contributed by atoms with E-state index in [1.165, 1.54) is 6.92 Å². The highest BCUT2D eigenvalue weighted by molar-refractivity contribution is 5.88. The van der Waals surface area contributed by atoms with Gasteiger partial charge in [-0.25, -0.2) is 4.98 Å². The number of para-hydroxylation sites is 1. The van der Waals surface area contributed by atoms with Crippen LogP contribution in [-0.4, -0.2) is 20.7 Å². The van der Waals surface area contributed by atoms with Gasteiger partial charge < -0.3 is 5.32 Å². The second kappa shape index (κ2) is 5.26. The largest absolute Gasteiger partial charge is 0.311 e. The summed E-state index contributed by atoms with van der Waals surface area (Å²) in [5.41, 5.74) is 4.03. The highest BCUT2D eigenvalue weighted by atomic mass is 16.1. The van der Waals surface area contributed by atoms with E-state index >= 15 is 0 Å². The molecule has 0 aliphatic rings. The summed E-state index contributed by atoms with van der Waals surface area (Å²) in [5.74, 6) is 1.20. The fraction of sp³-hybridized carbons (Fsp3) is 0.235. The van der Waals surface area contributed by atoms with E-state index in [0.717, 1.165) is 27.7 Å². The van der Waals surface area contributed by atoms with Gasteiger partial charge in [0.05, 0.1) is 11.2 Å². The predicted molar refractivity (Wildman–Crippen MR) is 87.4 cm³/mol. The summed E-state index contributed by atoms with van der Waals surface area (Å²) in [7, 11) is 0. The van der Waals surface area contributed by atoms with Gasteiger partial charge in [-0.3, -0.25) is 4.79 Å². The zero-order valence-corrected chi connectivity index (χ0v) is 13.1. The lowest BCUT2D eigenvalue weighted by atomic mass is 10.1. The Balaban J connectivity index is 2.23. The average Bonchev–Trinajstić information content (AvgIpc) is 2.79. The molecular weight excluding hydrogens is 276 g/mol. The topological polar surface area (TPSA) is 59.8 Å². The molecule has 0 saturated carbocycles. The van der Waals surface area contributed by atoms with Crippen LogP contribution in [-0.2, 0) is 4.79 Å². The van der Waals surface area contributed by atoms with E-state index in [4.69, 9.17) is 4.98 Å². The number of pyridine rings is 1. The molecule has 1 aromatic carbocycles. The van der Waals surface area contributed by atoms with Crippen molar-refractivity contribution in [3.63, 3.8) is 0 Å². The SMILES string of the molecule is CC(=O)Nc1cc(C)nn1-c1cc(C)c2cccc(C)c2n1. The monoisotopic (exact) mass is 294 g/mol. The van der Waals surface area contributed by atoms with Crippen LogP contribution in [0.5, 0.6) is 0 Å². The number of anilines is 1. The third kappa shape index (κ3) is 2.45. The van der Waals surface area contributed by atoms with Crippen LogP contribution in [0.2, 0.25) is 0 Å². The Hall–Kier alpha value is -2.69. The average molecular weight is 294 g/mol. The van der Waals surface area contributed by atoms with Gasteiger partial charge in [0.15, 0.2) is 5.82 Å². The van der Waals surface area contributed by atoms with Gasteiger partial charge in [-0.1, -0.05) is 18.2 Å². The number of hydrogen-bond donors (Lipinski definition) is 1. The first kappa shape index (κ1) is 14.3. The molecule has 0 spiro atoms. The maximum absolute atomic E-state index is 11.4. The Labute approximate surface area is 129 Å². The van der Waals surface area contributed by atoms with Gasteiger partial charge in [0, 0.05) is 18.4 Å². The fourth-order valence-corrected chi connectivity index (χ4v) is 2.60. The Bertz CT molecular complexity index is 880. The molecule has 112 valence electrons. The van der Waals surface area contributed by atoms with E-state index in [9.17, 15) is 4.79 Å². The zero-order valence-electron chi connectivity index (χ0n) is 13.1. The first-order valence-electron chi connectivity index (χ1n) is 7.17. The van der Waals surface area contributed by atoms with Crippen molar-refractivity contribution in [2.45, 2.75) is 27.7 Å². The third-order valence-corrected chi connectivity index (χ3v) is 3.59. The van der Waals surface area contributed by atoms with Gasteiger partial charge in [0.2, 0.25) is 5.91 Å². The number of aromatic nitrogens is 3. The minimum Gasteiger partial charge on any atom is -0.311 e. The van der Waals surface area contributed by atoms with Gasteiger partial charge in [-0.15, -0.1) is 0 Å². The predicted octanol–water partition coefficient (Wildman–Crippen LogP) is 3.30. The van der Waals surface area contributed by atoms with Crippen LogP contribution in [0.15, 0.2) is 30.3 Å². The number of nitrogens with one attached hydrogen (secondary N) is 1. The Morgan fingerprint density at radius 3 is 2.64 bits per heavy atom. The number of amides is 1. The van der Waals surface area contributed by atoms with Crippen molar-refractivity contribution >= 4 is 22.6 Å². The van der Waals surface area contributed by atoms with E-state index in [2.05, 4.69) is 23.4 Å². The van der Waals surface area contributed by atoms with Crippen LogP contribution in [0, 0.1) is 20.8 Å². The molecule has 0 atom stereocenters. The molecule has 5 heteroatoms. The number of hydrogen-bond acceptors (Lipinski definition) is 3. The van der Waals surface area contributed by atoms with Gasteiger partial charge >= 0.3 is 0 Å². The molecule has 3 rings (SSSR count). The van der Waals surface area contributed by atoms with E-state index in [1.807, 2.05) is 38.1 Å². The molecule has 2 aromatic heterocycles. The summed E-state index contributed by atoms with van der Waals surface area (Å²) in [5, 5.41) is 8.38. The molecule has 3 aromatic rings. The van der Waals surface area contributed by atoms with E-state index in [1.54, 1.807) is 4.68 Å². The molecule has 0 aliphatic heterocycles. The number of fused-ring (bicyclic) bond motifs is 1. The molecule has 0 bridgehead atoms. The van der Waals surface area contributed by atoms with E-state index in [0.29, 0.717) is 11.6 Å². The van der Waals surface area contributed by atoms with Crippen LogP contribution in [0.4, 0.5) is 5.82 Å². The first-order valence-corrected chi connectivity index (χ1v) is 7.17. The van der Waals surface area contributed by atoms with Crippen LogP contribution in [0.1, 0.15) is 23.7 Å². The quantitative estimate of drug-likeness (QED) is 0.789. The molecule has 0 unspecified atom stereocenters. The van der Waals surface area contributed by atoms with Crippen molar-refractivity contribution in [2.24, 2.45) is 0 Å². The summed E-state index contributed by atoms with van der Waals surface area (Å²) in [6.07, 6.45) is 0. The summed E-state index contributed by atoms with van der Waals surface area (Å²) in [6.45, 7) is 7.47. The van der Waals surface area contributed by atoms with Crippen LogP contribution >= 0.6 is 0 Å². The molecule has 0 saturated heterocycles. The lowest BCUT2D eigenvalue weighted by Crippen LogP contribution is -2.12. The van der Waals surface area contributed by atoms with Crippen LogP contribution in [0.25, 0.3) is 16.7 Å². The van der Waals surface area contributed by atoms with Crippen molar-refractivity contribution in [1.29, 1.82) is 0 Å². The minimum atomic E-state index is -0.130. The number of nitrogens with zero attached hydrogens (tertiary/aromatic N) is 3. The minimum absolute atomic E-state index is 0.130. The van der Waals surface area contributed by atoms with Gasteiger partial charge in [0.1, 0.15) is 5.82 Å². The molecule has 1 N–H and O–H groups in total. The summed E-state index contributed by atoms with van der Waals surface area (Å²) < 4.78 is 1.68. The van der Waals surface area contributed by atoms with Crippen molar-refractivity contribution in [3.8, 4) is 5.82 Å². The van der Waals surface area contributed by atoms with Crippen molar-refractivity contribution in [1.82, 2.24) is 14.8 Å². The molecule has 0 radical (unpaired) electrons. The van der Waals surface area contributed by atoms with Crippen molar-refractivity contribution in [3.05, 3.63) is 47.2 Å². The van der Waals surface area contributed by atoms with Gasteiger partial charge in [0.25, 0.3) is 0 Å². The van der Waals surface area contributed by atoms with E-state index in [-0.39, 0.29) is 5.91 Å². The van der Waals surface area contributed by atoms with Gasteiger partial charge in [-0.05, 0) is 38.0 Å². The number of carbonyl (C=O) groups excluding carboxylic acids is 1. The maximum atomic E-state index is 11.4. The van der Waals surface area contributed by atoms with Crippen LogP contribution < -0.4 is 5.32 Å². The second-order valence-electron chi connectivity index (χ2n) is 5.53. The smallest absolute Gasteiger partial charge is 0.222 e. The normalized spacial score (nSPS) is 10.9. The summed E-state index contributed by atoms with van der Waals surface area (Å²) >= 11 is 0. The van der Waals surface area contributed by atoms with Crippen LogP contribution in [0.3, 0.4) is 0 Å². The van der Waals surface area contributed by atoms with Crippen molar-refractivity contribution < 1.29 is 4.79 Å². The maximum Gasteiger partial charge on any atom is 0.222 e. The van der Waals surface area contributed by atoms with Crippen molar-refractivity contribution in [2.75, 3.05) is 5.32 Å². The standard InChI is InChI=1S/C17H18N4O/c1-10-6-5-7-14-11(2)8-15(19-17(10)14)21-16(18-13(4)22)9-12(3)20-21/h5-9H,1-4H3,(H,18,22). The fourth-order valence-electron chi connectivity index (χ4n) is 2.60. The second-order valence-corrected chi connectivity index (χ2v) is 5.53. The Kier molecular flexibility index (Phi) is 3.41. The number of rotatable bonds is 2. The number of carbonyl (C=O) groups is 1. The lowest BCUT2D eigenvalue weighted by molar-refractivity contribution is -0.114. The first-order chi connectivity index (χ1) is 10.5. The Morgan fingerprint density at radius 2 is 1.91 bits per heavy atom. The molecule has 0 fully saturated rings. The molecular formula is C17H18N4O. The zero-order chi connectivity index (χ0) is 15.9. The number of benzene rings is 1. The number of aryl methyl sites for hydroxylation is 3. The summed E-state index contributed by atoms with van der Waals surface area (Å²) in [4.78, 5) is 16.1.